The Balaban J connectivity index is 2.94. The molecule has 1 heterocycles. The highest BCUT2D eigenvalue weighted by atomic mass is 32.1. The van der Waals surface area contributed by atoms with Gasteiger partial charge in [-0.1, -0.05) is 12.1 Å². The lowest BCUT2D eigenvalue weighted by Gasteiger charge is -1.95. The third-order valence-corrected chi connectivity index (χ3v) is 3.18. The quantitative estimate of drug-likeness (QED) is 0.704. The van der Waals surface area contributed by atoms with Gasteiger partial charge in [-0.3, -0.25) is 4.79 Å². The average Bonchev–Trinajstić information content (AvgIpc) is 2.43. The van der Waals surface area contributed by atoms with Gasteiger partial charge >= 0.3 is 0 Å². The van der Waals surface area contributed by atoms with Crippen LogP contribution < -0.4 is 5.73 Å². The first kappa shape index (κ1) is 8.26. The van der Waals surface area contributed by atoms with E-state index in [1.807, 2.05) is 19.1 Å². The molecule has 3 heteroatoms. The van der Waals surface area contributed by atoms with Gasteiger partial charge in [0.15, 0.2) is 6.29 Å². The molecular formula is C10H9NOS. The molecule has 1 aromatic carbocycles. The summed E-state index contributed by atoms with van der Waals surface area (Å²) in [5, 5.41) is 0.903. The van der Waals surface area contributed by atoms with E-state index in [0.29, 0.717) is 5.56 Å². The highest BCUT2D eigenvalue weighted by molar-refractivity contribution is 7.19. The third kappa shape index (κ3) is 1.12. The van der Waals surface area contributed by atoms with Crippen LogP contribution in [0, 0.1) is 6.92 Å². The average molecular weight is 191 g/mol. The smallest absolute Gasteiger partial charge is 0.150 e. The standard InChI is InChI=1S/C10H9NOS/c1-6-10(11)9-7(5-12)3-2-4-8(9)13-6/h2-5H,11H2,1H3. The van der Waals surface area contributed by atoms with E-state index in [9.17, 15) is 4.79 Å². The molecule has 0 spiro atoms. The molecule has 0 bridgehead atoms. The molecule has 0 saturated heterocycles. The van der Waals surface area contributed by atoms with Gasteiger partial charge in [-0.15, -0.1) is 11.3 Å². The van der Waals surface area contributed by atoms with Gasteiger partial charge < -0.3 is 5.73 Å². The van der Waals surface area contributed by atoms with Crippen LogP contribution in [0.2, 0.25) is 0 Å². The first-order valence-electron chi connectivity index (χ1n) is 3.97. The molecule has 0 amide bonds. The first-order chi connectivity index (χ1) is 6.24. The Bertz CT molecular complexity index is 473. The van der Waals surface area contributed by atoms with Crippen molar-refractivity contribution in [3.8, 4) is 0 Å². The summed E-state index contributed by atoms with van der Waals surface area (Å²) in [6.45, 7) is 1.97. The SMILES string of the molecule is Cc1sc2cccc(C=O)c2c1N. The summed E-state index contributed by atoms with van der Waals surface area (Å²) in [4.78, 5) is 11.8. The molecule has 0 atom stereocenters. The number of benzene rings is 1. The number of hydrogen-bond acceptors (Lipinski definition) is 3. The minimum Gasteiger partial charge on any atom is -0.397 e. The maximum atomic E-state index is 10.7. The van der Waals surface area contributed by atoms with E-state index in [-0.39, 0.29) is 0 Å². The molecular weight excluding hydrogens is 182 g/mol. The molecule has 0 fully saturated rings. The largest absolute Gasteiger partial charge is 0.397 e. The Labute approximate surface area is 80.0 Å². The fourth-order valence-corrected chi connectivity index (χ4v) is 2.43. The second-order valence-corrected chi connectivity index (χ2v) is 4.17. The van der Waals surface area contributed by atoms with Crippen LogP contribution in [-0.2, 0) is 0 Å². The summed E-state index contributed by atoms with van der Waals surface area (Å²) in [7, 11) is 0. The molecule has 13 heavy (non-hydrogen) atoms. The predicted octanol–water partition coefficient (Wildman–Crippen LogP) is 2.60. The Morgan fingerprint density at radius 2 is 2.23 bits per heavy atom. The number of anilines is 1. The molecule has 0 unspecified atom stereocenters. The minimum absolute atomic E-state index is 0.680. The van der Waals surface area contributed by atoms with Crippen LogP contribution >= 0.6 is 11.3 Å². The topological polar surface area (TPSA) is 43.1 Å². The molecule has 0 aliphatic carbocycles. The zero-order chi connectivity index (χ0) is 9.42. The van der Waals surface area contributed by atoms with E-state index in [2.05, 4.69) is 0 Å². The van der Waals surface area contributed by atoms with Crippen molar-refractivity contribution in [3.05, 3.63) is 28.6 Å². The summed E-state index contributed by atoms with van der Waals surface area (Å²) in [6, 6.07) is 5.65. The molecule has 2 nitrogen and oxygen atoms in total. The monoisotopic (exact) mass is 191 g/mol. The zero-order valence-corrected chi connectivity index (χ0v) is 8.02. The number of hydrogen-bond donors (Lipinski definition) is 1. The van der Waals surface area contributed by atoms with Gasteiger partial charge in [-0.25, -0.2) is 0 Å². The lowest BCUT2D eigenvalue weighted by atomic mass is 10.1. The van der Waals surface area contributed by atoms with Crippen molar-refractivity contribution in [1.29, 1.82) is 0 Å². The van der Waals surface area contributed by atoms with Gasteiger partial charge in [-0.2, -0.15) is 0 Å². The van der Waals surface area contributed by atoms with Crippen molar-refractivity contribution in [1.82, 2.24) is 0 Å². The summed E-state index contributed by atoms with van der Waals surface area (Å²) in [5.74, 6) is 0. The maximum absolute atomic E-state index is 10.7. The van der Waals surface area contributed by atoms with E-state index in [1.165, 1.54) is 0 Å². The molecule has 2 aromatic rings. The molecule has 0 aliphatic heterocycles. The Hall–Kier alpha value is -1.35. The Morgan fingerprint density at radius 3 is 2.92 bits per heavy atom. The number of carbonyl (C=O) groups excluding carboxylic acids is 1. The highest BCUT2D eigenvalue weighted by Crippen LogP contribution is 2.34. The van der Waals surface area contributed by atoms with Crippen LogP contribution in [0.15, 0.2) is 18.2 Å². The van der Waals surface area contributed by atoms with Crippen molar-refractivity contribution in [2.75, 3.05) is 5.73 Å². The molecule has 0 radical (unpaired) electrons. The van der Waals surface area contributed by atoms with Crippen LogP contribution in [0.1, 0.15) is 15.2 Å². The lowest BCUT2D eigenvalue weighted by molar-refractivity contribution is 0.112. The minimum atomic E-state index is 0.680. The van der Waals surface area contributed by atoms with Crippen LogP contribution in [-0.4, -0.2) is 6.29 Å². The van der Waals surface area contributed by atoms with Gasteiger partial charge in [0, 0.05) is 20.5 Å². The van der Waals surface area contributed by atoms with Crippen molar-refractivity contribution >= 4 is 33.4 Å². The fraction of sp³-hybridized carbons (Fsp3) is 0.100. The zero-order valence-electron chi connectivity index (χ0n) is 7.20. The molecule has 2 N–H and O–H groups in total. The molecule has 0 saturated carbocycles. The summed E-state index contributed by atoms with van der Waals surface area (Å²) in [6.07, 6.45) is 0.852. The van der Waals surface area contributed by atoms with E-state index in [4.69, 9.17) is 5.73 Å². The third-order valence-electron chi connectivity index (χ3n) is 2.10. The number of rotatable bonds is 1. The molecule has 66 valence electrons. The Kier molecular flexibility index (Phi) is 1.81. The first-order valence-corrected chi connectivity index (χ1v) is 4.78. The number of carbonyl (C=O) groups is 1. The van der Waals surface area contributed by atoms with Gasteiger partial charge in [0.05, 0.1) is 5.69 Å². The van der Waals surface area contributed by atoms with Crippen LogP contribution in [0.5, 0.6) is 0 Å². The highest BCUT2D eigenvalue weighted by Gasteiger charge is 2.08. The van der Waals surface area contributed by atoms with Gasteiger partial charge in [0.1, 0.15) is 0 Å². The van der Waals surface area contributed by atoms with E-state index in [1.54, 1.807) is 17.4 Å². The van der Waals surface area contributed by atoms with Gasteiger partial charge in [-0.05, 0) is 13.0 Å². The van der Waals surface area contributed by atoms with Crippen molar-refractivity contribution in [2.24, 2.45) is 0 Å². The van der Waals surface area contributed by atoms with Crippen LogP contribution in [0.4, 0.5) is 5.69 Å². The summed E-state index contributed by atoms with van der Waals surface area (Å²) >= 11 is 1.62. The normalized spacial score (nSPS) is 10.5. The number of nitrogen functional groups attached to an aromatic ring is 1. The van der Waals surface area contributed by atoms with Gasteiger partial charge in [0.25, 0.3) is 0 Å². The summed E-state index contributed by atoms with van der Waals surface area (Å²) in [5.41, 5.74) is 7.28. The maximum Gasteiger partial charge on any atom is 0.150 e. The van der Waals surface area contributed by atoms with Gasteiger partial charge in [0.2, 0.25) is 0 Å². The number of aldehydes is 1. The van der Waals surface area contributed by atoms with E-state index < -0.39 is 0 Å². The number of aryl methyl sites for hydroxylation is 1. The fourth-order valence-electron chi connectivity index (χ4n) is 1.42. The van der Waals surface area contributed by atoms with E-state index >= 15 is 0 Å². The van der Waals surface area contributed by atoms with Crippen molar-refractivity contribution in [2.45, 2.75) is 6.92 Å². The molecule has 1 aromatic heterocycles. The molecule has 2 rings (SSSR count). The summed E-state index contributed by atoms with van der Waals surface area (Å²) < 4.78 is 1.08. The van der Waals surface area contributed by atoms with Crippen molar-refractivity contribution in [3.63, 3.8) is 0 Å². The predicted molar refractivity (Wildman–Crippen MR) is 56.4 cm³/mol. The van der Waals surface area contributed by atoms with E-state index in [0.717, 1.165) is 26.9 Å². The Morgan fingerprint density at radius 1 is 1.46 bits per heavy atom. The van der Waals surface area contributed by atoms with Crippen LogP contribution in [0.25, 0.3) is 10.1 Å². The number of fused-ring (bicyclic) bond motifs is 1. The molecule has 0 aliphatic rings. The van der Waals surface area contributed by atoms with Crippen molar-refractivity contribution < 1.29 is 4.79 Å². The second kappa shape index (κ2) is 2.85. The van der Waals surface area contributed by atoms with Crippen LogP contribution in [0.3, 0.4) is 0 Å². The number of thiophene rings is 1. The second-order valence-electron chi connectivity index (χ2n) is 2.91. The number of nitrogens with two attached hydrogens (primary N) is 1. The lowest BCUT2D eigenvalue weighted by Crippen LogP contribution is -1.87.